The van der Waals surface area contributed by atoms with E-state index in [9.17, 15) is 9.59 Å². The van der Waals surface area contributed by atoms with E-state index in [1.807, 2.05) is 11.8 Å². The van der Waals surface area contributed by atoms with E-state index in [4.69, 9.17) is 9.84 Å². The predicted octanol–water partition coefficient (Wildman–Crippen LogP) is 0.282. The van der Waals surface area contributed by atoms with E-state index in [-0.39, 0.29) is 25.3 Å². The fraction of sp³-hybridized carbons (Fsp3) is 0.800. The highest BCUT2D eigenvalue weighted by Gasteiger charge is 2.15. The number of rotatable bonds is 6. The van der Waals surface area contributed by atoms with Gasteiger partial charge in [-0.1, -0.05) is 0 Å². The summed E-state index contributed by atoms with van der Waals surface area (Å²) in [7, 11) is 0. The fourth-order valence-corrected chi connectivity index (χ4v) is 2.56. The Hall–Kier alpha value is -0.950. The fourth-order valence-electron chi connectivity index (χ4n) is 1.49. The van der Waals surface area contributed by atoms with Crippen LogP contribution in [0.25, 0.3) is 0 Å². The summed E-state index contributed by atoms with van der Waals surface area (Å²) in [6.45, 7) is 0.195. The molecular formula is C10H18N2O4S. The Balaban J connectivity index is 1.98. The van der Waals surface area contributed by atoms with Gasteiger partial charge in [-0.3, -0.25) is 0 Å². The van der Waals surface area contributed by atoms with Crippen molar-refractivity contribution in [3.63, 3.8) is 0 Å². The monoisotopic (exact) mass is 262 g/mol. The minimum absolute atomic E-state index is 0.207. The maximum absolute atomic E-state index is 11.4. The normalized spacial score (nSPS) is 19.6. The zero-order valence-electron chi connectivity index (χ0n) is 9.61. The van der Waals surface area contributed by atoms with Crippen LogP contribution in [0.3, 0.4) is 0 Å². The predicted molar refractivity (Wildman–Crippen MR) is 65.3 cm³/mol. The second-order valence-corrected chi connectivity index (χ2v) is 4.91. The van der Waals surface area contributed by atoms with Gasteiger partial charge < -0.3 is 20.5 Å². The van der Waals surface area contributed by atoms with Crippen LogP contribution >= 0.6 is 11.8 Å². The Morgan fingerprint density at radius 2 is 2.29 bits per heavy atom. The summed E-state index contributed by atoms with van der Waals surface area (Å²) >= 11 is 1.85. The molecule has 1 atom stereocenters. The summed E-state index contributed by atoms with van der Waals surface area (Å²) in [5, 5.41) is 13.8. The summed E-state index contributed by atoms with van der Waals surface area (Å²) in [6.07, 6.45) is 2.16. The Labute approximate surface area is 104 Å². The third kappa shape index (κ3) is 7.06. The molecule has 0 bridgehead atoms. The quantitative estimate of drug-likeness (QED) is 0.599. The lowest BCUT2D eigenvalue weighted by atomic mass is 10.2. The van der Waals surface area contributed by atoms with Gasteiger partial charge in [-0.15, -0.1) is 0 Å². The molecule has 1 aliphatic heterocycles. The highest BCUT2D eigenvalue weighted by molar-refractivity contribution is 7.99. The molecule has 1 fully saturated rings. The topological polar surface area (TPSA) is 87.7 Å². The molecule has 0 aromatic rings. The number of thioether (sulfide) groups is 1. The lowest BCUT2D eigenvalue weighted by Crippen LogP contribution is -2.45. The summed E-state index contributed by atoms with van der Waals surface area (Å²) < 4.78 is 4.79. The van der Waals surface area contributed by atoms with Crippen LogP contribution < -0.4 is 10.6 Å². The highest BCUT2D eigenvalue weighted by atomic mass is 32.2. The first-order valence-corrected chi connectivity index (χ1v) is 6.75. The minimum atomic E-state index is -1.01. The molecule has 1 rings (SSSR count). The molecule has 1 aliphatic rings. The maximum atomic E-state index is 11.4. The third-order valence-corrected chi connectivity index (χ3v) is 3.47. The van der Waals surface area contributed by atoms with Crippen LogP contribution in [0.1, 0.15) is 12.8 Å². The number of nitrogens with one attached hydrogen (secondary N) is 2. The number of aliphatic carboxylic acids is 1. The van der Waals surface area contributed by atoms with Gasteiger partial charge >= 0.3 is 12.0 Å². The van der Waals surface area contributed by atoms with Crippen LogP contribution in [0.4, 0.5) is 4.79 Å². The van der Waals surface area contributed by atoms with Crippen molar-refractivity contribution in [3.8, 4) is 0 Å². The van der Waals surface area contributed by atoms with Gasteiger partial charge in [-0.05, 0) is 18.6 Å². The largest absolute Gasteiger partial charge is 0.480 e. The molecule has 0 radical (unpaired) electrons. The number of carbonyl (C=O) groups excluding carboxylic acids is 1. The van der Waals surface area contributed by atoms with E-state index < -0.39 is 5.97 Å². The van der Waals surface area contributed by atoms with E-state index in [0.29, 0.717) is 6.54 Å². The zero-order chi connectivity index (χ0) is 12.5. The van der Waals surface area contributed by atoms with Crippen molar-refractivity contribution >= 4 is 23.8 Å². The number of amides is 2. The molecule has 0 aliphatic carbocycles. The summed E-state index contributed by atoms with van der Waals surface area (Å²) in [4.78, 5) is 21.5. The Morgan fingerprint density at radius 3 is 2.94 bits per heavy atom. The van der Waals surface area contributed by atoms with Crippen molar-refractivity contribution in [2.45, 2.75) is 18.9 Å². The zero-order valence-corrected chi connectivity index (χ0v) is 10.4. The van der Waals surface area contributed by atoms with E-state index in [1.165, 1.54) is 5.75 Å². The first-order chi connectivity index (χ1) is 8.18. The molecule has 1 saturated heterocycles. The van der Waals surface area contributed by atoms with Gasteiger partial charge in [0.1, 0.15) is 6.61 Å². The average molecular weight is 262 g/mol. The van der Waals surface area contributed by atoms with Crippen LogP contribution in [0.5, 0.6) is 0 Å². The molecule has 7 heteroatoms. The standard InChI is InChI=1S/C10H18N2O4S/c13-9(14)6-16-4-3-11-10(15)12-8-2-1-5-17-7-8/h8H,1-7H2,(H,13,14)(H2,11,12,15). The lowest BCUT2D eigenvalue weighted by Gasteiger charge is -2.22. The van der Waals surface area contributed by atoms with E-state index in [0.717, 1.165) is 18.6 Å². The number of hydrogen-bond donors (Lipinski definition) is 3. The Bertz CT molecular complexity index is 257. The molecule has 0 saturated carbocycles. The molecule has 1 unspecified atom stereocenters. The van der Waals surface area contributed by atoms with Gasteiger partial charge in [-0.2, -0.15) is 11.8 Å². The van der Waals surface area contributed by atoms with Crippen LogP contribution in [-0.2, 0) is 9.53 Å². The van der Waals surface area contributed by atoms with Crippen LogP contribution in [-0.4, -0.2) is 54.4 Å². The van der Waals surface area contributed by atoms with Gasteiger partial charge in [0.05, 0.1) is 6.61 Å². The highest BCUT2D eigenvalue weighted by Crippen LogP contribution is 2.16. The number of hydrogen-bond acceptors (Lipinski definition) is 4. The number of ether oxygens (including phenoxy) is 1. The Kier molecular flexibility index (Phi) is 6.80. The van der Waals surface area contributed by atoms with Crippen molar-refractivity contribution in [2.24, 2.45) is 0 Å². The molecule has 1 heterocycles. The average Bonchev–Trinajstić information content (AvgIpc) is 2.29. The van der Waals surface area contributed by atoms with E-state index >= 15 is 0 Å². The van der Waals surface area contributed by atoms with E-state index in [1.54, 1.807) is 0 Å². The van der Waals surface area contributed by atoms with Gasteiger partial charge in [0.2, 0.25) is 0 Å². The molecule has 3 N–H and O–H groups in total. The minimum Gasteiger partial charge on any atom is -0.480 e. The van der Waals surface area contributed by atoms with Crippen LogP contribution in [0.2, 0.25) is 0 Å². The smallest absolute Gasteiger partial charge is 0.329 e. The number of carbonyl (C=O) groups is 2. The molecule has 0 spiro atoms. The number of carboxylic acids is 1. The number of carboxylic acid groups (broad SMARTS) is 1. The molecule has 6 nitrogen and oxygen atoms in total. The van der Waals surface area contributed by atoms with E-state index in [2.05, 4.69) is 10.6 Å². The van der Waals surface area contributed by atoms with Crippen molar-refractivity contribution < 1.29 is 19.4 Å². The van der Waals surface area contributed by atoms with Crippen LogP contribution in [0, 0.1) is 0 Å². The van der Waals surface area contributed by atoms with Crippen molar-refractivity contribution in [1.82, 2.24) is 10.6 Å². The van der Waals surface area contributed by atoms with Gasteiger partial charge in [0.25, 0.3) is 0 Å². The third-order valence-electron chi connectivity index (χ3n) is 2.25. The molecule has 0 aromatic heterocycles. The lowest BCUT2D eigenvalue weighted by molar-refractivity contribution is -0.142. The van der Waals surface area contributed by atoms with Gasteiger partial charge in [0, 0.05) is 18.3 Å². The first-order valence-electron chi connectivity index (χ1n) is 5.60. The molecule has 0 aromatic carbocycles. The van der Waals surface area contributed by atoms with Crippen molar-refractivity contribution in [3.05, 3.63) is 0 Å². The molecule has 17 heavy (non-hydrogen) atoms. The summed E-state index contributed by atoms with van der Waals surface area (Å²) in [5.41, 5.74) is 0. The van der Waals surface area contributed by atoms with Crippen LogP contribution in [0.15, 0.2) is 0 Å². The second kappa shape index (κ2) is 8.19. The van der Waals surface area contributed by atoms with Crippen molar-refractivity contribution in [2.75, 3.05) is 31.3 Å². The molecular weight excluding hydrogens is 244 g/mol. The number of urea groups is 1. The Morgan fingerprint density at radius 1 is 1.47 bits per heavy atom. The van der Waals surface area contributed by atoms with Gasteiger partial charge in [-0.25, -0.2) is 9.59 Å². The first kappa shape index (κ1) is 14.1. The SMILES string of the molecule is O=C(O)COCCNC(=O)NC1CCCSC1. The second-order valence-electron chi connectivity index (χ2n) is 3.76. The van der Waals surface area contributed by atoms with Gasteiger partial charge in [0.15, 0.2) is 0 Å². The molecule has 2 amide bonds. The molecule has 98 valence electrons. The summed E-state index contributed by atoms with van der Waals surface area (Å²) in [5.74, 6) is 1.12. The maximum Gasteiger partial charge on any atom is 0.329 e. The van der Waals surface area contributed by atoms with Crippen molar-refractivity contribution in [1.29, 1.82) is 0 Å². The summed E-state index contributed by atoms with van der Waals surface area (Å²) in [6, 6.07) is 0.0325.